The summed E-state index contributed by atoms with van der Waals surface area (Å²) in [5.41, 5.74) is 1.81. The molecule has 4 rings (SSSR count). The third-order valence-corrected chi connectivity index (χ3v) is 5.03. The van der Waals surface area contributed by atoms with E-state index in [0.29, 0.717) is 35.1 Å². The van der Waals surface area contributed by atoms with Crippen LogP contribution in [0.25, 0.3) is 11.1 Å². The van der Waals surface area contributed by atoms with Gasteiger partial charge < -0.3 is 19.4 Å². The molecule has 0 saturated carbocycles. The van der Waals surface area contributed by atoms with Crippen molar-refractivity contribution >= 4 is 45.3 Å². The van der Waals surface area contributed by atoms with Gasteiger partial charge in [-0.1, -0.05) is 12.1 Å². The molecule has 1 fully saturated rings. The van der Waals surface area contributed by atoms with E-state index in [4.69, 9.17) is 9.15 Å². The van der Waals surface area contributed by atoms with Gasteiger partial charge in [0.2, 0.25) is 5.91 Å². The van der Waals surface area contributed by atoms with E-state index in [1.807, 2.05) is 24.3 Å². The minimum absolute atomic E-state index is 0.116. The fourth-order valence-corrected chi connectivity index (χ4v) is 3.79. The molecule has 1 aromatic carbocycles. The fraction of sp³-hybridized carbons (Fsp3) is 0.235. The number of nitrogens with one attached hydrogen (secondary N) is 1. The average Bonchev–Trinajstić information content (AvgIpc) is 3.33. The van der Waals surface area contributed by atoms with Crippen LogP contribution in [0.2, 0.25) is 0 Å². The summed E-state index contributed by atoms with van der Waals surface area (Å²) < 4.78 is 10.4. The Hall–Kier alpha value is -2.87. The van der Waals surface area contributed by atoms with Crippen LogP contribution in [0.15, 0.2) is 40.1 Å². The second-order valence-electron chi connectivity index (χ2n) is 5.59. The first-order valence-electron chi connectivity index (χ1n) is 7.76. The number of esters is 1. The number of anilines is 2. The molecule has 1 aliphatic rings. The fourth-order valence-electron chi connectivity index (χ4n) is 2.87. The van der Waals surface area contributed by atoms with Crippen LogP contribution in [-0.4, -0.2) is 36.6 Å². The van der Waals surface area contributed by atoms with Crippen molar-refractivity contribution < 1.29 is 18.7 Å². The van der Waals surface area contributed by atoms with Crippen LogP contribution in [0.5, 0.6) is 0 Å². The van der Waals surface area contributed by atoms with Crippen molar-refractivity contribution in [2.75, 3.05) is 23.9 Å². The van der Waals surface area contributed by atoms with Crippen LogP contribution in [-0.2, 0) is 9.53 Å². The minimum atomic E-state index is -0.445. The van der Waals surface area contributed by atoms with Gasteiger partial charge >= 0.3 is 5.97 Å². The Kier molecular flexibility index (Phi) is 3.89. The molecule has 0 aliphatic carbocycles. The lowest BCUT2D eigenvalue weighted by atomic mass is 10.2. The average molecular weight is 357 g/mol. The van der Waals surface area contributed by atoms with Gasteiger partial charge in [0.25, 0.3) is 6.01 Å². The third-order valence-electron chi connectivity index (χ3n) is 4.09. The zero-order valence-electron chi connectivity index (χ0n) is 13.4. The molecule has 1 aliphatic heterocycles. The molecule has 1 N–H and O–H groups in total. The molecular weight excluding hydrogens is 342 g/mol. The summed E-state index contributed by atoms with van der Waals surface area (Å²) in [6, 6.07) is 8.96. The number of nitrogens with zero attached hydrogens (tertiary/aromatic N) is 2. The standard InChI is InChI=1S/C17H15N3O4S/c1-23-16(22)10-7-9-25-15(10)20-8-6-12(14(20)21)19-17-18-11-4-2-3-5-13(11)24-17/h2-5,7,9,12H,6,8H2,1H3,(H,18,19). The SMILES string of the molecule is COC(=O)c1ccsc1N1CCC(Nc2nc3ccccc3o2)C1=O. The van der Waals surface area contributed by atoms with Gasteiger partial charge in [-0.3, -0.25) is 4.79 Å². The maximum absolute atomic E-state index is 12.7. The number of para-hydroxylation sites is 2. The largest absolute Gasteiger partial charge is 0.465 e. The molecule has 2 aromatic heterocycles. The predicted octanol–water partition coefficient (Wildman–Crippen LogP) is 2.89. The van der Waals surface area contributed by atoms with E-state index < -0.39 is 12.0 Å². The van der Waals surface area contributed by atoms with E-state index >= 15 is 0 Å². The summed E-state index contributed by atoms with van der Waals surface area (Å²) in [5, 5.41) is 5.44. The smallest absolute Gasteiger partial charge is 0.340 e. The molecule has 25 heavy (non-hydrogen) atoms. The van der Waals surface area contributed by atoms with Crippen molar-refractivity contribution in [1.82, 2.24) is 4.98 Å². The number of hydrogen-bond donors (Lipinski definition) is 1. The Morgan fingerprint density at radius 2 is 2.24 bits per heavy atom. The maximum atomic E-state index is 12.7. The Balaban J connectivity index is 1.54. The number of carbonyl (C=O) groups excluding carboxylic acids is 2. The third kappa shape index (κ3) is 2.74. The number of benzene rings is 1. The minimum Gasteiger partial charge on any atom is -0.465 e. The summed E-state index contributed by atoms with van der Waals surface area (Å²) in [6.07, 6.45) is 0.593. The molecular formula is C17H15N3O4S. The van der Waals surface area contributed by atoms with Crippen molar-refractivity contribution in [3.8, 4) is 0 Å². The van der Waals surface area contributed by atoms with Crippen LogP contribution in [0, 0.1) is 0 Å². The molecule has 128 valence electrons. The van der Waals surface area contributed by atoms with E-state index in [1.165, 1.54) is 18.4 Å². The number of amides is 1. The molecule has 0 bridgehead atoms. The number of rotatable bonds is 4. The molecule has 1 atom stereocenters. The lowest BCUT2D eigenvalue weighted by Gasteiger charge is -2.16. The number of ether oxygens (including phenoxy) is 1. The van der Waals surface area contributed by atoms with Gasteiger partial charge in [0.1, 0.15) is 16.6 Å². The Labute approximate surface area is 147 Å². The normalized spacial score (nSPS) is 17.2. The van der Waals surface area contributed by atoms with E-state index in [2.05, 4.69) is 10.3 Å². The zero-order valence-corrected chi connectivity index (χ0v) is 14.2. The number of methoxy groups -OCH3 is 1. The summed E-state index contributed by atoms with van der Waals surface area (Å²) in [6.45, 7) is 0.515. The van der Waals surface area contributed by atoms with E-state index in [9.17, 15) is 9.59 Å². The van der Waals surface area contributed by atoms with Gasteiger partial charge in [-0.25, -0.2) is 4.79 Å². The van der Waals surface area contributed by atoms with Gasteiger partial charge in [-0.2, -0.15) is 4.98 Å². The van der Waals surface area contributed by atoms with Gasteiger partial charge in [-0.15, -0.1) is 11.3 Å². The highest BCUT2D eigenvalue weighted by Crippen LogP contribution is 2.32. The highest BCUT2D eigenvalue weighted by atomic mass is 32.1. The van der Waals surface area contributed by atoms with E-state index in [0.717, 1.165) is 5.52 Å². The number of aromatic nitrogens is 1. The highest BCUT2D eigenvalue weighted by molar-refractivity contribution is 7.14. The van der Waals surface area contributed by atoms with Crippen molar-refractivity contribution in [2.24, 2.45) is 0 Å². The summed E-state index contributed by atoms with van der Waals surface area (Å²) in [7, 11) is 1.33. The number of hydrogen-bond acceptors (Lipinski definition) is 7. The van der Waals surface area contributed by atoms with Gasteiger partial charge in [-0.05, 0) is 30.0 Å². The monoisotopic (exact) mass is 357 g/mol. The van der Waals surface area contributed by atoms with Crippen LogP contribution in [0.3, 0.4) is 0 Å². The molecule has 0 spiro atoms. The molecule has 7 nitrogen and oxygen atoms in total. The first kappa shape index (κ1) is 15.6. The topological polar surface area (TPSA) is 84.7 Å². The van der Waals surface area contributed by atoms with Crippen molar-refractivity contribution in [3.05, 3.63) is 41.3 Å². The van der Waals surface area contributed by atoms with Crippen molar-refractivity contribution in [3.63, 3.8) is 0 Å². The molecule has 1 amide bonds. The van der Waals surface area contributed by atoms with Crippen molar-refractivity contribution in [2.45, 2.75) is 12.5 Å². The maximum Gasteiger partial charge on any atom is 0.340 e. The Morgan fingerprint density at radius 1 is 1.40 bits per heavy atom. The molecule has 1 saturated heterocycles. The predicted molar refractivity (Wildman–Crippen MR) is 94.0 cm³/mol. The summed E-state index contributed by atoms with van der Waals surface area (Å²) in [5.74, 6) is -0.561. The van der Waals surface area contributed by atoms with Gasteiger partial charge in [0, 0.05) is 6.54 Å². The summed E-state index contributed by atoms with van der Waals surface area (Å²) >= 11 is 1.34. The Morgan fingerprint density at radius 3 is 3.04 bits per heavy atom. The van der Waals surface area contributed by atoms with Crippen LogP contribution < -0.4 is 10.2 Å². The second-order valence-corrected chi connectivity index (χ2v) is 6.49. The van der Waals surface area contributed by atoms with Crippen molar-refractivity contribution in [1.29, 1.82) is 0 Å². The number of carbonyl (C=O) groups is 2. The molecule has 3 aromatic rings. The lowest BCUT2D eigenvalue weighted by Crippen LogP contribution is -2.33. The first-order chi connectivity index (χ1) is 12.2. The lowest BCUT2D eigenvalue weighted by molar-refractivity contribution is -0.117. The first-order valence-corrected chi connectivity index (χ1v) is 8.64. The number of fused-ring (bicyclic) bond motifs is 1. The van der Waals surface area contributed by atoms with Crippen LogP contribution >= 0.6 is 11.3 Å². The number of thiophene rings is 1. The molecule has 8 heteroatoms. The Bertz CT molecular complexity index is 915. The number of oxazole rings is 1. The zero-order chi connectivity index (χ0) is 17.4. The summed E-state index contributed by atoms with van der Waals surface area (Å²) in [4.78, 5) is 30.5. The second kappa shape index (κ2) is 6.21. The van der Waals surface area contributed by atoms with E-state index in [-0.39, 0.29) is 5.91 Å². The highest BCUT2D eigenvalue weighted by Gasteiger charge is 2.36. The molecule has 1 unspecified atom stereocenters. The molecule has 0 radical (unpaired) electrons. The van der Waals surface area contributed by atoms with E-state index in [1.54, 1.807) is 16.3 Å². The molecule has 3 heterocycles. The van der Waals surface area contributed by atoms with Gasteiger partial charge in [0.15, 0.2) is 5.58 Å². The van der Waals surface area contributed by atoms with Gasteiger partial charge in [0.05, 0.1) is 12.7 Å². The van der Waals surface area contributed by atoms with Crippen LogP contribution in [0.1, 0.15) is 16.8 Å². The quantitative estimate of drug-likeness (QED) is 0.723. The van der Waals surface area contributed by atoms with Crippen LogP contribution in [0.4, 0.5) is 11.0 Å².